The Kier molecular flexibility index (Phi) is 2.19. The van der Waals surface area contributed by atoms with E-state index in [9.17, 15) is 0 Å². The number of fused-ring (bicyclic) bond motifs is 4. The number of hydrogen-bond donors (Lipinski definition) is 0. The average Bonchev–Trinajstić information content (AvgIpc) is 2.74. The van der Waals surface area contributed by atoms with E-state index in [1.807, 2.05) is 0 Å². The van der Waals surface area contributed by atoms with Crippen LogP contribution in [0.15, 0.2) is 54.6 Å². The molecule has 19 heavy (non-hydrogen) atoms. The van der Waals surface area contributed by atoms with Crippen molar-refractivity contribution in [3.63, 3.8) is 0 Å². The van der Waals surface area contributed by atoms with Crippen LogP contribution in [0.1, 0.15) is 30.0 Å². The van der Waals surface area contributed by atoms with Gasteiger partial charge in [-0.15, -0.1) is 0 Å². The van der Waals surface area contributed by atoms with E-state index in [2.05, 4.69) is 61.5 Å². The third kappa shape index (κ3) is 1.51. The fraction of sp³-hybridized carbons (Fsp3) is 0.333. The molecule has 0 N–H and O–H groups in total. The molecule has 1 heteroatoms. The van der Waals surface area contributed by atoms with E-state index in [4.69, 9.17) is 4.74 Å². The molecule has 2 bridgehead atoms. The Labute approximate surface area is 114 Å². The molecule has 1 fully saturated rings. The summed E-state index contributed by atoms with van der Waals surface area (Å²) in [5, 5.41) is 0. The van der Waals surface area contributed by atoms with E-state index in [0.29, 0.717) is 0 Å². The zero-order chi connectivity index (χ0) is 12.9. The number of benzene rings is 2. The Bertz CT molecular complexity index is 619. The summed E-state index contributed by atoms with van der Waals surface area (Å²) in [5.41, 5.74) is 4.38. The van der Waals surface area contributed by atoms with Gasteiger partial charge in [0, 0.05) is 11.8 Å². The van der Waals surface area contributed by atoms with E-state index in [0.717, 1.165) is 19.4 Å². The molecule has 0 spiro atoms. The minimum Gasteiger partial charge on any atom is -0.374 e. The molecular weight excluding hydrogens is 232 g/mol. The minimum absolute atomic E-state index is 0.00416. The van der Waals surface area contributed by atoms with Gasteiger partial charge in [0.05, 0.1) is 12.2 Å². The molecule has 1 saturated heterocycles. The van der Waals surface area contributed by atoms with Gasteiger partial charge in [0.1, 0.15) is 0 Å². The third-order valence-electron chi connectivity index (χ3n) is 4.77. The second-order valence-electron chi connectivity index (χ2n) is 6.20. The molecule has 0 saturated carbocycles. The van der Waals surface area contributed by atoms with Crippen molar-refractivity contribution in [3.8, 4) is 0 Å². The van der Waals surface area contributed by atoms with Crippen LogP contribution < -0.4 is 0 Å². The largest absolute Gasteiger partial charge is 0.374 e. The number of ether oxygens (including phenoxy) is 1. The van der Waals surface area contributed by atoms with Crippen LogP contribution in [0.25, 0.3) is 0 Å². The van der Waals surface area contributed by atoms with Gasteiger partial charge in [-0.05, 0) is 30.0 Å². The Morgan fingerprint density at radius 2 is 1.68 bits per heavy atom. The van der Waals surface area contributed by atoms with Crippen LogP contribution in [-0.2, 0) is 16.6 Å². The van der Waals surface area contributed by atoms with Gasteiger partial charge in [0.2, 0.25) is 0 Å². The van der Waals surface area contributed by atoms with Crippen molar-refractivity contribution in [3.05, 3.63) is 71.3 Å². The van der Waals surface area contributed by atoms with Crippen molar-refractivity contribution < 1.29 is 4.74 Å². The highest BCUT2D eigenvalue weighted by atomic mass is 16.5. The van der Waals surface area contributed by atoms with Crippen LogP contribution in [0.3, 0.4) is 0 Å². The summed E-state index contributed by atoms with van der Waals surface area (Å²) in [5.74, 6) is 0. The van der Waals surface area contributed by atoms with E-state index in [-0.39, 0.29) is 11.0 Å². The molecule has 0 amide bonds. The molecule has 2 aliphatic rings. The number of rotatable bonds is 1. The maximum atomic E-state index is 6.20. The molecule has 1 nitrogen and oxygen atoms in total. The van der Waals surface area contributed by atoms with Crippen LogP contribution in [0.5, 0.6) is 0 Å². The predicted molar refractivity (Wildman–Crippen MR) is 76.3 cm³/mol. The molecule has 0 aromatic heterocycles. The first-order valence-electron chi connectivity index (χ1n) is 7.00. The van der Waals surface area contributed by atoms with Gasteiger partial charge in [0.15, 0.2) is 0 Å². The molecule has 2 aromatic carbocycles. The van der Waals surface area contributed by atoms with Gasteiger partial charge in [0.25, 0.3) is 0 Å². The van der Waals surface area contributed by atoms with E-state index in [1.165, 1.54) is 16.7 Å². The molecule has 1 aliphatic carbocycles. The highest BCUT2D eigenvalue weighted by molar-refractivity contribution is 5.49. The zero-order valence-electron chi connectivity index (χ0n) is 11.2. The van der Waals surface area contributed by atoms with Gasteiger partial charge in [-0.3, -0.25) is 0 Å². The van der Waals surface area contributed by atoms with Crippen LogP contribution in [0.2, 0.25) is 0 Å². The second-order valence-corrected chi connectivity index (χ2v) is 6.20. The third-order valence-corrected chi connectivity index (χ3v) is 4.77. The Balaban J connectivity index is 1.97. The average molecular weight is 250 g/mol. The van der Waals surface area contributed by atoms with Crippen molar-refractivity contribution in [2.75, 3.05) is 6.61 Å². The highest BCUT2D eigenvalue weighted by Gasteiger charge is 2.53. The molecule has 2 atom stereocenters. The van der Waals surface area contributed by atoms with Crippen LogP contribution in [0.4, 0.5) is 0 Å². The first-order valence-corrected chi connectivity index (χ1v) is 7.00. The van der Waals surface area contributed by atoms with Crippen molar-refractivity contribution in [1.29, 1.82) is 0 Å². The van der Waals surface area contributed by atoms with Crippen molar-refractivity contribution in [2.24, 2.45) is 0 Å². The monoisotopic (exact) mass is 250 g/mol. The van der Waals surface area contributed by atoms with Crippen LogP contribution in [0, 0.1) is 0 Å². The summed E-state index contributed by atoms with van der Waals surface area (Å²) in [6.45, 7) is 3.07. The van der Waals surface area contributed by atoms with Gasteiger partial charge >= 0.3 is 0 Å². The summed E-state index contributed by atoms with van der Waals surface area (Å²) < 4.78 is 6.20. The summed E-state index contributed by atoms with van der Waals surface area (Å²) in [6, 6.07) is 19.7. The van der Waals surface area contributed by atoms with Gasteiger partial charge in [-0.25, -0.2) is 0 Å². The normalized spacial score (nSPS) is 32.1. The van der Waals surface area contributed by atoms with Crippen molar-refractivity contribution >= 4 is 0 Å². The quantitative estimate of drug-likeness (QED) is 0.749. The number of hydrogen-bond acceptors (Lipinski definition) is 1. The van der Waals surface area contributed by atoms with Crippen molar-refractivity contribution in [1.82, 2.24) is 0 Å². The summed E-state index contributed by atoms with van der Waals surface area (Å²) in [4.78, 5) is 0. The SMILES string of the molecule is C[C@]12Cc3ccccc3[C@](c3ccccc3)(CO1)C2. The first-order chi connectivity index (χ1) is 9.22. The molecule has 2 aromatic rings. The van der Waals surface area contributed by atoms with E-state index >= 15 is 0 Å². The van der Waals surface area contributed by atoms with E-state index < -0.39 is 0 Å². The molecule has 1 heterocycles. The lowest BCUT2D eigenvalue weighted by molar-refractivity contribution is 0.0214. The predicted octanol–water partition coefficient (Wildman–Crippen LogP) is 3.71. The lowest BCUT2D eigenvalue weighted by Crippen LogP contribution is -2.37. The Morgan fingerprint density at radius 3 is 2.53 bits per heavy atom. The van der Waals surface area contributed by atoms with Gasteiger partial charge in [-0.2, -0.15) is 0 Å². The molecule has 0 radical (unpaired) electrons. The summed E-state index contributed by atoms with van der Waals surface area (Å²) in [6.07, 6.45) is 2.14. The molecule has 0 unspecified atom stereocenters. The fourth-order valence-corrected chi connectivity index (χ4v) is 3.97. The molecule has 4 rings (SSSR count). The zero-order valence-corrected chi connectivity index (χ0v) is 11.2. The fourth-order valence-electron chi connectivity index (χ4n) is 3.97. The lowest BCUT2D eigenvalue weighted by Gasteiger charge is -2.37. The summed E-state index contributed by atoms with van der Waals surface area (Å²) in [7, 11) is 0. The van der Waals surface area contributed by atoms with Crippen LogP contribution >= 0.6 is 0 Å². The maximum Gasteiger partial charge on any atom is 0.0708 e. The molecule has 1 aliphatic heterocycles. The van der Waals surface area contributed by atoms with Gasteiger partial charge < -0.3 is 4.74 Å². The molecule has 96 valence electrons. The lowest BCUT2D eigenvalue weighted by atomic mass is 9.64. The highest BCUT2D eigenvalue weighted by Crippen LogP contribution is 2.52. The standard InChI is InChI=1S/C18H18O/c1-17-11-14-7-5-6-10-16(14)18(12-17,13-19-17)15-8-3-2-4-9-15/h2-10H,11-13H2,1H3/t17-,18+/m1/s1. The minimum atomic E-state index is 0.00416. The first kappa shape index (κ1) is 11.2. The maximum absolute atomic E-state index is 6.20. The molecular formula is C18H18O. The summed E-state index contributed by atoms with van der Waals surface area (Å²) >= 11 is 0. The topological polar surface area (TPSA) is 9.23 Å². The Morgan fingerprint density at radius 1 is 0.947 bits per heavy atom. The van der Waals surface area contributed by atoms with Crippen LogP contribution in [-0.4, -0.2) is 12.2 Å². The smallest absolute Gasteiger partial charge is 0.0708 e. The van der Waals surface area contributed by atoms with Gasteiger partial charge in [-0.1, -0.05) is 54.6 Å². The van der Waals surface area contributed by atoms with E-state index in [1.54, 1.807) is 0 Å². The second kappa shape index (κ2) is 3.71. The Hall–Kier alpha value is -1.60. The van der Waals surface area contributed by atoms with Crippen molar-refractivity contribution in [2.45, 2.75) is 30.8 Å².